The van der Waals surface area contributed by atoms with Crippen molar-refractivity contribution < 1.29 is 13.9 Å². The van der Waals surface area contributed by atoms with Gasteiger partial charge in [0.15, 0.2) is 0 Å². The van der Waals surface area contributed by atoms with Crippen molar-refractivity contribution in [1.29, 1.82) is 0 Å². The van der Waals surface area contributed by atoms with Gasteiger partial charge in [0.2, 0.25) is 0 Å². The van der Waals surface area contributed by atoms with Gasteiger partial charge in [-0.3, -0.25) is 4.90 Å². The number of amides is 2. The van der Waals surface area contributed by atoms with Crippen LogP contribution in [0, 0.1) is 5.82 Å². The Labute approximate surface area is 124 Å². The number of carbonyl (C=O) groups excluding carboxylic acids is 1. The largest absolute Gasteiger partial charge is 0.383 e. The third-order valence-corrected chi connectivity index (χ3v) is 3.68. The highest BCUT2D eigenvalue weighted by Gasteiger charge is 2.24. The summed E-state index contributed by atoms with van der Waals surface area (Å²) in [7, 11) is 1.69. The number of halogens is 1. The number of benzene rings is 1. The Morgan fingerprint density at radius 1 is 1.43 bits per heavy atom. The summed E-state index contributed by atoms with van der Waals surface area (Å²) in [5.41, 5.74) is 0.580. The number of methoxy groups -OCH3 is 1. The predicted molar refractivity (Wildman–Crippen MR) is 79.9 cm³/mol. The first-order valence-electron chi connectivity index (χ1n) is 7.22. The van der Waals surface area contributed by atoms with Gasteiger partial charge < -0.3 is 15.4 Å². The van der Waals surface area contributed by atoms with E-state index in [-0.39, 0.29) is 11.8 Å². The Morgan fingerprint density at radius 2 is 2.19 bits per heavy atom. The fourth-order valence-corrected chi connectivity index (χ4v) is 2.55. The van der Waals surface area contributed by atoms with Gasteiger partial charge in [-0.25, -0.2) is 9.18 Å². The molecule has 1 atom stereocenters. The molecule has 1 aromatic rings. The first-order valence-corrected chi connectivity index (χ1v) is 7.22. The predicted octanol–water partition coefficient (Wildman–Crippen LogP) is 2.06. The summed E-state index contributed by atoms with van der Waals surface area (Å²) < 4.78 is 17.9. The Kier molecular flexibility index (Phi) is 5.95. The molecule has 2 rings (SSSR count). The standard InChI is InChI=1S/C15H22FN3O2/c1-21-10-9-19-8-2-3-14(19)11-17-15(20)18-13-6-4-12(16)5-7-13/h4-7,14H,2-3,8-11H2,1H3,(H2,17,18,20). The van der Waals surface area contributed by atoms with Crippen molar-refractivity contribution in [3.63, 3.8) is 0 Å². The molecule has 5 nitrogen and oxygen atoms in total. The van der Waals surface area contributed by atoms with Crippen molar-refractivity contribution in [2.75, 3.05) is 38.7 Å². The minimum Gasteiger partial charge on any atom is -0.383 e. The monoisotopic (exact) mass is 295 g/mol. The summed E-state index contributed by atoms with van der Waals surface area (Å²) in [6.07, 6.45) is 2.23. The normalized spacial score (nSPS) is 18.7. The molecule has 1 heterocycles. The Balaban J connectivity index is 1.74. The zero-order chi connectivity index (χ0) is 15.1. The molecule has 2 N–H and O–H groups in total. The summed E-state index contributed by atoms with van der Waals surface area (Å²) in [6.45, 7) is 3.26. The number of nitrogens with zero attached hydrogens (tertiary/aromatic N) is 1. The summed E-state index contributed by atoms with van der Waals surface area (Å²) in [6, 6.07) is 5.81. The van der Waals surface area contributed by atoms with Crippen LogP contribution in [0.1, 0.15) is 12.8 Å². The number of anilines is 1. The topological polar surface area (TPSA) is 53.6 Å². The second-order valence-electron chi connectivity index (χ2n) is 5.17. The van der Waals surface area contributed by atoms with Crippen LogP contribution in [-0.4, -0.2) is 50.3 Å². The van der Waals surface area contributed by atoms with E-state index in [1.807, 2.05) is 0 Å². The van der Waals surface area contributed by atoms with Gasteiger partial charge in [-0.1, -0.05) is 0 Å². The van der Waals surface area contributed by atoms with E-state index >= 15 is 0 Å². The van der Waals surface area contributed by atoms with E-state index < -0.39 is 0 Å². The minimum absolute atomic E-state index is 0.264. The maximum absolute atomic E-state index is 12.8. The smallest absolute Gasteiger partial charge is 0.319 e. The van der Waals surface area contributed by atoms with Crippen molar-refractivity contribution in [3.05, 3.63) is 30.1 Å². The molecule has 1 aliphatic heterocycles. The molecule has 0 saturated carbocycles. The number of carbonyl (C=O) groups is 1. The first kappa shape index (κ1) is 15.7. The number of rotatable bonds is 6. The average Bonchev–Trinajstić information content (AvgIpc) is 2.93. The van der Waals surface area contributed by atoms with Gasteiger partial charge >= 0.3 is 6.03 Å². The van der Waals surface area contributed by atoms with E-state index in [1.165, 1.54) is 24.3 Å². The van der Waals surface area contributed by atoms with Gasteiger partial charge in [0.1, 0.15) is 5.82 Å². The average molecular weight is 295 g/mol. The Hall–Kier alpha value is -1.66. The molecule has 1 saturated heterocycles. The quantitative estimate of drug-likeness (QED) is 0.844. The molecule has 0 spiro atoms. The zero-order valence-corrected chi connectivity index (χ0v) is 12.3. The lowest BCUT2D eigenvalue weighted by Crippen LogP contribution is -2.42. The fourth-order valence-electron chi connectivity index (χ4n) is 2.55. The highest BCUT2D eigenvalue weighted by Crippen LogP contribution is 2.16. The summed E-state index contributed by atoms with van der Waals surface area (Å²) >= 11 is 0. The number of hydrogen-bond acceptors (Lipinski definition) is 3. The highest BCUT2D eigenvalue weighted by atomic mass is 19.1. The molecule has 6 heteroatoms. The van der Waals surface area contributed by atoms with Crippen LogP contribution in [0.3, 0.4) is 0 Å². The van der Waals surface area contributed by atoms with E-state index in [2.05, 4.69) is 15.5 Å². The number of ether oxygens (including phenoxy) is 1. The molecule has 1 unspecified atom stereocenters. The molecule has 0 radical (unpaired) electrons. The molecule has 116 valence electrons. The lowest BCUT2D eigenvalue weighted by atomic mass is 10.2. The summed E-state index contributed by atoms with van der Waals surface area (Å²) in [5, 5.41) is 5.56. The van der Waals surface area contributed by atoms with E-state index in [0.29, 0.717) is 24.9 Å². The third-order valence-electron chi connectivity index (χ3n) is 3.68. The zero-order valence-electron chi connectivity index (χ0n) is 12.3. The van der Waals surface area contributed by atoms with Crippen LogP contribution < -0.4 is 10.6 Å². The summed E-state index contributed by atoms with van der Waals surface area (Å²) in [5.74, 6) is -0.319. The van der Waals surface area contributed by atoms with Crippen LogP contribution >= 0.6 is 0 Å². The Morgan fingerprint density at radius 3 is 2.90 bits per heavy atom. The van der Waals surface area contributed by atoms with Gasteiger partial charge in [0.05, 0.1) is 6.61 Å². The SMILES string of the molecule is COCCN1CCCC1CNC(=O)Nc1ccc(F)cc1. The van der Waals surface area contributed by atoms with Crippen molar-refractivity contribution in [1.82, 2.24) is 10.2 Å². The van der Waals surface area contributed by atoms with Gasteiger partial charge in [0.25, 0.3) is 0 Å². The number of nitrogens with one attached hydrogen (secondary N) is 2. The van der Waals surface area contributed by atoms with E-state index in [1.54, 1.807) is 7.11 Å². The maximum Gasteiger partial charge on any atom is 0.319 e. The maximum atomic E-state index is 12.8. The summed E-state index contributed by atoms with van der Waals surface area (Å²) in [4.78, 5) is 14.2. The molecule has 0 aromatic heterocycles. The highest BCUT2D eigenvalue weighted by molar-refractivity contribution is 5.89. The lowest BCUT2D eigenvalue weighted by molar-refractivity contribution is 0.140. The number of urea groups is 1. The second kappa shape index (κ2) is 7.95. The van der Waals surface area contributed by atoms with Crippen molar-refractivity contribution >= 4 is 11.7 Å². The minimum atomic E-state index is -0.319. The van der Waals surface area contributed by atoms with Crippen molar-refractivity contribution in [2.45, 2.75) is 18.9 Å². The van der Waals surface area contributed by atoms with Crippen molar-refractivity contribution in [2.24, 2.45) is 0 Å². The van der Waals surface area contributed by atoms with Crippen LogP contribution in [0.25, 0.3) is 0 Å². The fraction of sp³-hybridized carbons (Fsp3) is 0.533. The van der Waals surface area contributed by atoms with E-state index in [9.17, 15) is 9.18 Å². The number of likely N-dealkylation sites (tertiary alicyclic amines) is 1. The molecular weight excluding hydrogens is 273 g/mol. The number of hydrogen-bond donors (Lipinski definition) is 2. The molecule has 1 fully saturated rings. The van der Waals surface area contributed by atoms with Crippen LogP contribution in [0.2, 0.25) is 0 Å². The van der Waals surface area contributed by atoms with Crippen LogP contribution in [0.4, 0.5) is 14.9 Å². The lowest BCUT2D eigenvalue weighted by Gasteiger charge is -2.24. The first-order chi connectivity index (χ1) is 10.2. The molecule has 1 aromatic carbocycles. The van der Waals surface area contributed by atoms with Gasteiger partial charge in [-0.15, -0.1) is 0 Å². The van der Waals surface area contributed by atoms with Crippen molar-refractivity contribution in [3.8, 4) is 0 Å². The molecular formula is C15H22FN3O2. The van der Waals surface area contributed by atoms with E-state index in [0.717, 1.165) is 25.9 Å². The van der Waals surface area contributed by atoms with Gasteiger partial charge in [0, 0.05) is 31.9 Å². The van der Waals surface area contributed by atoms with Gasteiger partial charge in [-0.2, -0.15) is 0 Å². The Bertz CT molecular complexity index is 453. The van der Waals surface area contributed by atoms with Crippen LogP contribution in [-0.2, 0) is 4.74 Å². The molecule has 21 heavy (non-hydrogen) atoms. The van der Waals surface area contributed by atoms with Crippen LogP contribution in [0.15, 0.2) is 24.3 Å². The van der Waals surface area contributed by atoms with Gasteiger partial charge in [-0.05, 0) is 43.7 Å². The molecule has 0 bridgehead atoms. The molecule has 0 aliphatic carbocycles. The molecule has 1 aliphatic rings. The van der Waals surface area contributed by atoms with Crippen LogP contribution in [0.5, 0.6) is 0 Å². The molecule has 2 amide bonds. The second-order valence-corrected chi connectivity index (χ2v) is 5.17. The third kappa shape index (κ3) is 4.99. The van der Waals surface area contributed by atoms with E-state index in [4.69, 9.17) is 4.74 Å².